The minimum atomic E-state index is -0.409. The number of nitrogens with zero attached hydrogens (tertiary/aromatic N) is 1. The molecule has 0 N–H and O–H groups in total. The second kappa shape index (κ2) is 8.42. The van der Waals surface area contributed by atoms with E-state index < -0.39 is 5.97 Å². The number of carbonyl (C=O) groups excluding carboxylic acids is 3. The number of amides is 2. The molecule has 0 saturated carbocycles. The number of thioether (sulfide) groups is 1. The zero-order chi connectivity index (χ0) is 21.1. The molecule has 1 aromatic heterocycles. The van der Waals surface area contributed by atoms with Crippen LogP contribution in [0.1, 0.15) is 21.7 Å². The van der Waals surface area contributed by atoms with Crippen molar-refractivity contribution in [3.8, 4) is 11.3 Å². The lowest BCUT2D eigenvalue weighted by molar-refractivity contribution is -0.123. The highest BCUT2D eigenvalue weighted by Gasteiger charge is 2.35. The molecule has 0 atom stereocenters. The first-order valence-electron chi connectivity index (χ1n) is 9.13. The van der Waals surface area contributed by atoms with Crippen molar-refractivity contribution in [2.75, 3.05) is 7.11 Å². The molecule has 30 heavy (non-hydrogen) atoms. The molecule has 0 radical (unpaired) electrons. The number of imide groups is 1. The van der Waals surface area contributed by atoms with Crippen molar-refractivity contribution < 1.29 is 23.5 Å². The normalized spacial score (nSPS) is 15.1. The average molecular weight is 419 g/mol. The summed E-state index contributed by atoms with van der Waals surface area (Å²) in [4.78, 5) is 38.0. The number of methoxy groups -OCH3 is 1. The number of ether oxygens (including phenoxy) is 1. The molecule has 0 unspecified atom stereocenters. The number of benzene rings is 2. The summed E-state index contributed by atoms with van der Waals surface area (Å²) in [6, 6.07) is 19.7. The summed E-state index contributed by atoms with van der Waals surface area (Å²) >= 11 is 0.896. The first-order chi connectivity index (χ1) is 14.5. The number of rotatable bonds is 5. The molecule has 0 spiro atoms. The van der Waals surface area contributed by atoms with E-state index in [-0.39, 0.29) is 17.7 Å². The molecule has 2 aromatic carbocycles. The van der Waals surface area contributed by atoms with Gasteiger partial charge in [-0.25, -0.2) is 4.79 Å². The van der Waals surface area contributed by atoms with Crippen molar-refractivity contribution in [3.05, 3.63) is 88.5 Å². The van der Waals surface area contributed by atoms with E-state index in [1.165, 1.54) is 12.0 Å². The number of esters is 1. The van der Waals surface area contributed by atoms with Gasteiger partial charge in [0.1, 0.15) is 11.5 Å². The quantitative estimate of drug-likeness (QED) is 0.429. The Balaban J connectivity index is 1.50. The topological polar surface area (TPSA) is 76.8 Å². The third-order valence-corrected chi connectivity index (χ3v) is 5.46. The summed E-state index contributed by atoms with van der Waals surface area (Å²) in [6.07, 6.45) is 1.57. The summed E-state index contributed by atoms with van der Waals surface area (Å²) in [5.41, 5.74) is 2.11. The third kappa shape index (κ3) is 4.06. The Hall–Kier alpha value is -3.58. The maximum absolute atomic E-state index is 12.7. The fraction of sp³-hybridized carbons (Fsp3) is 0.0870. The van der Waals surface area contributed by atoms with Gasteiger partial charge in [-0.1, -0.05) is 42.5 Å². The predicted molar refractivity (Wildman–Crippen MR) is 113 cm³/mol. The van der Waals surface area contributed by atoms with Crippen LogP contribution in [0.4, 0.5) is 4.79 Å². The molecular formula is C23H17NO5S. The Morgan fingerprint density at radius 3 is 2.47 bits per heavy atom. The lowest BCUT2D eigenvalue weighted by Gasteiger charge is -2.11. The molecule has 1 aliphatic heterocycles. The summed E-state index contributed by atoms with van der Waals surface area (Å²) in [5.74, 6) is 0.301. The Morgan fingerprint density at radius 1 is 1.03 bits per heavy atom. The van der Waals surface area contributed by atoms with Gasteiger partial charge in [0.25, 0.3) is 11.1 Å². The van der Waals surface area contributed by atoms with E-state index in [9.17, 15) is 14.4 Å². The van der Waals surface area contributed by atoms with Crippen LogP contribution in [0.2, 0.25) is 0 Å². The van der Waals surface area contributed by atoms with E-state index in [1.807, 2.05) is 30.3 Å². The molecular weight excluding hydrogens is 402 g/mol. The maximum atomic E-state index is 12.7. The van der Waals surface area contributed by atoms with Gasteiger partial charge in [-0.3, -0.25) is 14.5 Å². The average Bonchev–Trinajstić information content (AvgIpc) is 3.34. The maximum Gasteiger partial charge on any atom is 0.337 e. The monoisotopic (exact) mass is 419 g/mol. The van der Waals surface area contributed by atoms with Crippen LogP contribution in [0.5, 0.6) is 0 Å². The molecule has 150 valence electrons. The summed E-state index contributed by atoms with van der Waals surface area (Å²) in [5, 5.41) is -0.305. The first kappa shape index (κ1) is 19.7. The number of hydrogen-bond acceptors (Lipinski definition) is 6. The number of furan rings is 1. The molecule has 7 heteroatoms. The van der Waals surface area contributed by atoms with Crippen LogP contribution >= 0.6 is 11.8 Å². The van der Waals surface area contributed by atoms with E-state index in [2.05, 4.69) is 4.74 Å². The Morgan fingerprint density at radius 2 is 1.77 bits per heavy atom. The molecule has 4 rings (SSSR count). The summed E-state index contributed by atoms with van der Waals surface area (Å²) in [7, 11) is 1.33. The van der Waals surface area contributed by atoms with Gasteiger partial charge in [0, 0.05) is 11.6 Å². The fourth-order valence-corrected chi connectivity index (χ4v) is 3.82. The van der Waals surface area contributed by atoms with Gasteiger partial charge in [-0.15, -0.1) is 0 Å². The Labute approximate surface area is 177 Å². The van der Waals surface area contributed by atoms with Gasteiger partial charge in [0.05, 0.1) is 24.1 Å². The third-order valence-electron chi connectivity index (χ3n) is 4.55. The summed E-state index contributed by atoms with van der Waals surface area (Å²) < 4.78 is 10.5. The van der Waals surface area contributed by atoms with E-state index in [4.69, 9.17) is 4.42 Å². The molecule has 2 amide bonds. The highest BCUT2D eigenvalue weighted by molar-refractivity contribution is 8.18. The van der Waals surface area contributed by atoms with Crippen molar-refractivity contribution in [2.24, 2.45) is 0 Å². The van der Waals surface area contributed by atoms with Crippen molar-refractivity contribution in [1.82, 2.24) is 4.90 Å². The highest BCUT2D eigenvalue weighted by atomic mass is 32.2. The van der Waals surface area contributed by atoms with Crippen LogP contribution in [0.15, 0.2) is 76.1 Å². The van der Waals surface area contributed by atoms with Gasteiger partial charge in [0.2, 0.25) is 0 Å². The molecule has 1 fully saturated rings. The molecule has 0 bridgehead atoms. The molecule has 6 nitrogen and oxygen atoms in total. The minimum Gasteiger partial charge on any atom is -0.465 e. The standard InChI is InChI=1S/C23H17NO5S/c1-28-22(26)17-9-7-16(8-10-17)19-12-11-18(29-19)13-20-21(25)24(23(27)30-20)14-15-5-3-2-4-6-15/h2-13H,14H2,1H3/b20-13+. The van der Waals surface area contributed by atoms with Crippen molar-refractivity contribution in [3.63, 3.8) is 0 Å². The lowest BCUT2D eigenvalue weighted by Crippen LogP contribution is -2.27. The fourth-order valence-electron chi connectivity index (χ4n) is 3.01. The van der Waals surface area contributed by atoms with Crippen molar-refractivity contribution >= 4 is 35.0 Å². The Kier molecular flexibility index (Phi) is 5.54. The van der Waals surface area contributed by atoms with E-state index in [0.717, 1.165) is 22.9 Å². The smallest absolute Gasteiger partial charge is 0.337 e. The zero-order valence-electron chi connectivity index (χ0n) is 16.0. The first-order valence-corrected chi connectivity index (χ1v) is 9.94. The van der Waals surface area contributed by atoms with Crippen molar-refractivity contribution in [2.45, 2.75) is 6.54 Å². The Bertz CT molecular complexity index is 1130. The van der Waals surface area contributed by atoms with Crippen LogP contribution < -0.4 is 0 Å². The van der Waals surface area contributed by atoms with Gasteiger partial charge < -0.3 is 9.15 Å². The van der Waals surface area contributed by atoms with Crippen LogP contribution in [0.3, 0.4) is 0 Å². The van der Waals surface area contributed by atoms with E-state index in [1.54, 1.807) is 42.5 Å². The van der Waals surface area contributed by atoms with Gasteiger partial charge in [-0.05, 0) is 41.6 Å². The van der Waals surface area contributed by atoms with Gasteiger partial charge in [-0.2, -0.15) is 0 Å². The van der Waals surface area contributed by atoms with Crippen LogP contribution in [0.25, 0.3) is 17.4 Å². The van der Waals surface area contributed by atoms with E-state index >= 15 is 0 Å². The lowest BCUT2D eigenvalue weighted by atomic mass is 10.1. The molecule has 1 saturated heterocycles. The van der Waals surface area contributed by atoms with Crippen LogP contribution in [-0.4, -0.2) is 29.1 Å². The SMILES string of the molecule is COC(=O)c1ccc(-c2ccc(/C=C3/SC(=O)N(Cc4ccccc4)C3=O)o2)cc1. The second-order valence-corrected chi connectivity index (χ2v) is 7.52. The largest absolute Gasteiger partial charge is 0.465 e. The summed E-state index contributed by atoms with van der Waals surface area (Å²) in [6.45, 7) is 0.235. The van der Waals surface area contributed by atoms with Crippen LogP contribution in [0, 0.1) is 0 Å². The van der Waals surface area contributed by atoms with Gasteiger partial charge in [0.15, 0.2) is 0 Å². The molecule has 2 heterocycles. The zero-order valence-corrected chi connectivity index (χ0v) is 16.8. The number of carbonyl (C=O) groups is 3. The predicted octanol–water partition coefficient (Wildman–Crippen LogP) is 4.97. The van der Waals surface area contributed by atoms with Gasteiger partial charge >= 0.3 is 5.97 Å². The molecule has 1 aliphatic rings. The second-order valence-electron chi connectivity index (χ2n) is 6.52. The van der Waals surface area contributed by atoms with Crippen LogP contribution in [-0.2, 0) is 16.1 Å². The van der Waals surface area contributed by atoms with Crippen molar-refractivity contribution in [1.29, 1.82) is 0 Å². The highest BCUT2D eigenvalue weighted by Crippen LogP contribution is 2.34. The van der Waals surface area contributed by atoms with E-state index in [0.29, 0.717) is 22.0 Å². The molecule has 3 aromatic rings. The molecule has 0 aliphatic carbocycles. The number of hydrogen-bond donors (Lipinski definition) is 0. The minimum absolute atomic E-state index is 0.235.